The molecule has 28 heavy (non-hydrogen) atoms. The molecule has 0 fully saturated rings. The third-order valence-corrected chi connectivity index (χ3v) is 4.86. The van der Waals surface area contributed by atoms with E-state index in [0.717, 1.165) is 35.7 Å². The molecule has 5 nitrogen and oxygen atoms in total. The maximum Gasteiger partial charge on any atom is 0.331 e. The molecular formula is C23H26N2O3. The minimum Gasteiger partial charge on any atom is -0.449 e. The highest BCUT2D eigenvalue weighted by Crippen LogP contribution is 2.19. The first kappa shape index (κ1) is 19.8. The highest BCUT2D eigenvalue weighted by atomic mass is 16.5. The van der Waals surface area contributed by atoms with Crippen LogP contribution in [0.4, 0.5) is 0 Å². The number of fused-ring (bicyclic) bond motifs is 1. The summed E-state index contributed by atoms with van der Waals surface area (Å²) in [6.07, 6.45) is 11.8. The fraction of sp³-hybridized carbons (Fsp3) is 0.348. The third kappa shape index (κ3) is 5.52. The Morgan fingerprint density at radius 2 is 2.11 bits per heavy atom. The summed E-state index contributed by atoms with van der Waals surface area (Å²) >= 11 is 0. The summed E-state index contributed by atoms with van der Waals surface area (Å²) in [5, 5.41) is 3.84. The molecule has 1 heterocycles. The van der Waals surface area contributed by atoms with E-state index in [4.69, 9.17) is 4.74 Å². The Labute approximate surface area is 165 Å². The number of nitrogens with one attached hydrogen (secondary N) is 1. The molecule has 0 spiro atoms. The van der Waals surface area contributed by atoms with E-state index in [1.165, 1.54) is 24.5 Å². The first-order valence-corrected chi connectivity index (χ1v) is 9.81. The normalized spacial score (nSPS) is 15.2. The SMILES string of the molecule is CC(OC(=O)/C=C/c1cccc2cccnc12)C(=O)NCCC1=CCCCC1. The second-order valence-electron chi connectivity index (χ2n) is 6.98. The molecule has 0 radical (unpaired) electrons. The molecule has 3 rings (SSSR count). The molecule has 1 aliphatic rings. The first-order valence-electron chi connectivity index (χ1n) is 9.81. The van der Waals surface area contributed by atoms with Gasteiger partial charge in [-0.2, -0.15) is 0 Å². The van der Waals surface area contributed by atoms with Gasteiger partial charge in [0.25, 0.3) is 5.91 Å². The Morgan fingerprint density at radius 3 is 2.93 bits per heavy atom. The Morgan fingerprint density at radius 1 is 1.25 bits per heavy atom. The quantitative estimate of drug-likeness (QED) is 0.446. The van der Waals surface area contributed by atoms with Crippen LogP contribution in [0.1, 0.15) is 44.6 Å². The van der Waals surface area contributed by atoms with Crippen molar-refractivity contribution >= 4 is 28.9 Å². The number of ether oxygens (including phenoxy) is 1. The average molecular weight is 378 g/mol. The molecule has 1 unspecified atom stereocenters. The molecule has 1 atom stereocenters. The van der Waals surface area contributed by atoms with Gasteiger partial charge in [0, 0.05) is 29.8 Å². The minimum atomic E-state index is -0.830. The number of hydrogen-bond donors (Lipinski definition) is 1. The molecule has 0 saturated carbocycles. The summed E-state index contributed by atoms with van der Waals surface area (Å²) in [5.41, 5.74) is 3.05. The predicted octanol–water partition coefficient (Wildman–Crippen LogP) is 4.19. The lowest BCUT2D eigenvalue weighted by atomic mass is 9.97. The van der Waals surface area contributed by atoms with E-state index in [1.807, 2.05) is 30.3 Å². The molecule has 1 aromatic carbocycles. The van der Waals surface area contributed by atoms with Crippen LogP contribution in [0.5, 0.6) is 0 Å². The predicted molar refractivity (Wildman–Crippen MR) is 111 cm³/mol. The van der Waals surface area contributed by atoms with Gasteiger partial charge in [0.2, 0.25) is 0 Å². The standard InChI is InChI=1S/C23H26N2O3/c1-17(23(27)25-16-14-18-7-3-2-4-8-18)28-21(26)13-12-20-10-5-9-19-11-6-15-24-22(19)20/h5-7,9-13,15,17H,2-4,8,14,16H2,1H3,(H,25,27)/b13-12+. The highest BCUT2D eigenvalue weighted by Gasteiger charge is 2.16. The van der Waals surface area contributed by atoms with E-state index in [-0.39, 0.29) is 5.91 Å². The third-order valence-electron chi connectivity index (χ3n) is 4.86. The Bertz CT molecular complexity index is 896. The minimum absolute atomic E-state index is 0.273. The van der Waals surface area contributed by atoms with Crippen molar-refractivity contribution in [3.63, 3.8) is 0 Å². The van der Waals surface area contributed by atoms with Crippen molar-refractivity contribution in [3.05, 3.63) is 59.8 Å². The number of amides is 1. The number of para-hydroxylation sites is 1. The van der Waals surface area contributed by atoms with Gasteiger partial charge in [0.15, 0.2) is 6.10 Å². The topological polar surface area (TPSA) is 68.3 Å². The summed E-state index contributed by atoms with van der Waals surface area (Å²) in [5.74, 6) is -0.824. The molecule has 0 bridgehead atoms. The number of carbonyl (C=O) groups is 2. The van der Waals surface area contributed by atoms with Gasteiger partial charge in [0.1, 0.15) is 0 Å². The number of nitrogens with zero attached hydrogens (tertiary/aromatic N) is 1. The van der Waals surface area contributed by atoms with Crippen LogP contribution < -0.4 is 5.32 Å². The van der Waals surface area contributed by atoms with Crippen molar-refractivity contribution < 1.29 is 14.3 Å². The zero-order valence-corrected chi connectivity index (χ0v) is 16.2. The first-order chi connectivity index (χ1) is 13.6. The van der Waals surface area contributed by atoms with Crippen molar-refractivity contribution in [3.8, 4) is 0 Å². The number of hydrogen-bond acceptors (Lipinski definition) is 4. The lowest BCUT2D eigenvalue weighted by Crippen LogP contribution is -2.36. The molecule has 1 amide bonds. The lowest BCUT2D eigenvalue weighted by Gasteiger charge is -2.15. The molecule has 0 saturated heterocycles. The van der Waals surface area contributed by atoms with Gasteiger partial charge in [-0.3, -0.25) is 9.78 Å². The Hall–Kier alpha value is -2.95. The van der Waals surface area contributed by atoms with Gasteiger partial charge in [0.05, 0.1) is 5.52 Å². The monoisotopic (exact) mass is 378 g/mol. The summed E-state index contributed by atoms with van der Waals surface area (Å²) in [4.78, 5) is 28.5. The van der Waals surface area contributed by atoms with E-state index in [1.54, 1.807) is 19.2 Å². The van der Waals surface area contributed by atoms with Gasteiger partial charge >= 0.3 is 5.97 Å². The summed E-state index contributed by atoms with van der Waals surface area (Å²) in [6, 6.07) is 9.60. The van der Waals surface area contributed by atoms with E-state index < -0.39 is 12.1 Å². The van der Waals surface area contributed by atoms with Crippen LogP contribution in [0, 0.1) is 0 Å². The fourth-order valence-electron chi connectivity index (χ4n) is 3.31. The second kappa shape index (κ2) is 9.83. The lowest BCUT2D eigenvalue weighted by molar-refractivity contribution is -0.150. The summed E-state index contributed by atoms with van der Waals surface area (Å²) in [6.45, 7) is 2.16. The van der Waals surface area contributed by atoms with Crippen LogP contribution >= 0.6 is 0 Å². The van der Waals surface area contributed by atoms with Crippen LogP contribution in [0.2, 0.25) is 0 Å². The van der Waals surface area contributed by atoms with Gasteiger partial charge < -0.3 is 10.1 Å². The number of benzene rings is 1. The van der Waals surface area contributed by atoms with Crippen molar-refractivity contribution in [2.24, 2.45) is 0 Å². The molecule has 1 aliphatic carbocycles. The zero-order valence-electron chi connectivity index (χ0n) is 16.2. The number of aromatic nitrogens is 1. The van der Waals surface area contributed by atoms with E-state index >= 15 is 0 Å². The van der Waals surface area contributed by atoms with Crippen LogP contribution in [-0.2, 0) is 14.3 Å². The molecule has 1 N–H and O–H groups in total. The van der Waals surface area contributed by atoms with Crippen molar-refractivity contribution in [2.75, 3.05) is 6.54 Å². The van der Waals surface area contributed by atoms with Gasteiger partial charge in [-0.25, -0.2) is 4.79 Å². The fourth-order valence-corrected chi connectivity index (χ4v) is 3.31. The maximum atomic E-state index is 12.1. The van der Waals surface area contributed by atoms with Crippen molar-refractivity contribution in [2.45, 2.75) is 45.1 Å². The molecule has 146 valence electrons. The molecule has 0 aliphatic heterocycles. The second-order valence-corrected chi connectivity index (χ2v) is 6.98. The van der Waals surface area contributed by atoms with Crippen LogP contribution in [-0.4, -0.2) is 29.5 Å². The van der Waals surface area contributed by atoms with E-state index in [9.17, 15) is 9.59 Å². The van der Waals surface area contributed by atoms with Crippen molar-refractivity contribution in [1.29, 1.82) is 0 Å². The Balaban J connectivity index is 1.48. The number of allylic oxidation sites excluding steroid dienone is 1. The summed E-state index contributed by atoms with van der Waals surface area (Å²) < 4.78 is 5.22. The van der Waals surface area contributed by atoms with E-state index in [0.29, 0.717) is 6.54 Å². The van der Waals surface area contributed by atoms with Gasteiger partial charge in [-0.05, 0) is 51.2 Å². The smallest absolute Gasteiger partial charge is 0.331 e. The number of esters is 1. The molecule has 1 aromatic heterocycles. The van der Waals surface area contributed by atoms with Gasteiger partial charge in [-0.15, -0.1) is 0 Å². The molecular weight excluding hydrogens is 352 g/mol. The van der Waals surface area contributed by atoms with Crippen LogP contribution in [0.25, 0.3) is 17.0 Å². The number of pyridine rings is 1. The molecule has 2 aromatic rings. The van der Waals surface area contributed by atoms with Crippen LogP contribution in [0.3, 0.4) is 0 Å². The average Bonchev–Trinajstić information content (AvgIpc) is 2.73. The molecule has 5 heteroatoms. The zero-order chi connectivity index (χ0) is 19.8. The Kier molecular flexibility index (Phi) is 6.95. The highest BCUT2D eigenvalue weighted by molar-refractivity contribution is 5.94. The van der Waals surface area contributed by atoms with E-state index in [2.05, 4.69) is 16.4 Å². The van der Waals surface area contributed by atoms with Crippen molar-refractivity contribution in [1.82, 2.24) is 10.3 Å². The number of carbonyl (C=O) groups excluding carboxylic acids is 2. The summed E-state index contributed by atoms with van der Waals surface area (Å²) in [7, 11) is 0. The van der Waals surface area contributed by atoms with Crippen LogP contribution in [0.15, 0.2) is 54.3 Å². The number of rotatable bonds is 7. The largest absolute Gasteiger partial charge is 0.449 e. The maximum absolute atomic E-state index is 12.1. The van der Waals surface area contributed by atoms with Gasteiger partial charge in [-0.1, -0.05) is 35.9 Å².